The first kappa shape index (κ1) is 17.5. The van der Waals surface area contributed by atoms with Crippen molar-refractivity contribution in [2.45, 2.75) is 45.7 Å². The normalized spacial score (nSPS) is 13.7. The number of benzene rings is 1. The highest BCUT2D eigenvalue weighted by molar-refractivity contribution is 5.85. The minimum Gasteiger partial charge on any atom is -0.306 e. The maximum absolute atomic E-state index is 12.1. The summed E-state index contributed by atoms with van der Waals surface area (Å²) in [6, 6.07) is 9.46. The van der Waals surface area contributed by atoms with Gasteiger partial charge >= 0.3 is 0 Å². The second-order valence-corrected chi connectivity index (χ2v) is 5.30. The summed E-state index contributed by atoms with van der Waals surface area (Å²) in [4.78, 5) is 23.5. The van der Waals surface area contributed by atoms with Gasteiger partial charge in [0.2, 0.25) is 0 Å². The van der Waals surface area contributed by atoms with Crippen LogP contribution in [0.5, 0.6) is 0 Å². The predicted octanol–water partition coefficient (Wildman–Crippen LogP) is 1.73. The molecule has 0 amide bonds. The van der Waals surface area contributed by atoms with E-state index in [9.17, 15) is 9.59 Å². The fraction of sp³-hybridized carbons (Fsp3) is 0.529. The van der Waals surface area contributed by atoms with E-state index in [2.05, 4.69) is 10.6 Å². The SMILES string of the molecule is CCC(=O)[C@H](C)NCCN[C@@H](C)C(=O)Cc1ccccc1. The number of Topliss-reactive ketones (excluding diaryl/α,β-unsaturated/α-hetero) is 2. The quantitative estimate of drug-likeness (QED) is 0.644. The van der Waals surface area contributed by atoms with Crippen LogP contribution in [-0.2, 0) is 16.0 Å². The van der Waals surface area contributed by atoms with E-state index in [0.717, 1.165) is 5.56 Å². The van der Waals surface area contributed by atoms with E-state index >= 15 is 0 Å². The molecule has 0 aliphatic heterocycles. The van der Waals surface area contributed by atoms with Crippen LogP contribution in [0.4, 0.5) is 0 Å². The third-order valence-electron chi connectivity index (χ3n) is 3.56. The number of ketones is 2. The van der Waals surface area contributed by atoms with Crippen LogP contribution in [0.3, 0.4) is 0 Å². The van der Waals surface area contributed by atoms with Crippen LogP contribution in [0.2, 0.25) is 0 Å². The maximum atomic E-state index is 12.1. The zero-order valence-electron chi connectivity index (χ0n) is 13.2. The van der Waals surface area contributed by atoms with E-state index in [0.29, 0.717) is 25.9 Å². The zero-order chi connectivity index (χ0) is 15.7. The van der Waals surface area contributed by atoms with E-state index in [4.69, 9.17) is 0 Å². The lowest BCUT2D eigenvalue weighted by atomic mass is 10.0. The van der Waals surface area contributed by atoms with Crippen molar-refractivity contribution in [1.29, 1.82) is 0 Å². The van der Waals surface area contributed by atoms with Gasteiger partial charge in [0.15, 0.2) is 5.78 Å². The summed E-state index contributed by atoms with van der Waals surface area (Å²) in [6.07, 6.45) is 1.00. The van der Waals surface area contributed by atoms with Crippen LogP contribution in [0.15, 0.2) is 30.3 Å². The Kier molecular flexibility index (Phi) is 7.87. The number of hydrogen-bond donors (Lipinski definition) is 2. The van der Waals surface area contributed by atoms with Gasteiger partial charge in [0.25, 0.3) is 0 Å². The summed E-state index contributed by atoms with van der Waals surface area (Å²) in [5.41, 5.74) is 1.04. The van der Waals surface area contributed by atoms with Crippen molar-refractivity contribution in [1.82, 2.24) is 10.6 Å². The molecule has 0 unspecified atom stereocenters. The second-order valence-electron chi connectivity index (χ2n) is 5.30. The Morgan fingerprint density at radius 3 is 2.00 bits per heavy atom. The van der Waals surface area contributed by atoms with Gasteiger partial charge < -0.3 is 10.6 Å². The largest absolute Gasteiger partial charge is 0.306 e. The van der Waals surface area contributed by atoms with Crippen molar-refractivity contribution in [3.05, 3.63) is 35.9 Å². The van der Waals surface area contributed by atoms with Gasteiger partial charge in [-0.05, 0) is 19.4 Å². The van der Waals surface area contributed by atoms with Crippen molar-refractivity contribution in [2.24, 2.45) is 0 Å². The predicted molar refractivity (Wildman–Crippen MR) is 85.4 cm³/mol. The summed E-state index contributed by atoms with van der Waals surface area (Å²) >= 11 is 0. The molecule has 4 heteroatoms. The standard InChI is InChI=1S/C17H26N2O2/c1-4-16(20)13(2)18-10-11-19-14(3)17(21)12-15-8-6-5-7-9-15/h5-9,13-14,18-19H,4,10-12H2,1-3H3/t13-,14-/m0/s1. The van der Waals surface area contributed by atoms with Crippen LogP contribution < -0.4 is 10.6 Å². The molecule has 21 heavy (non-hydrogen) atoms. The maximum Gasteiger partial charge on any atom is 0.153 e. The van der Waals surface area contributed by atoms with Crippen LogP contribution in [-0.4, -0.2) is 36.7 Å². The monoisotopic (exact) mass is 290 g/mol. The molecule has 1 aromatic rings. The van der Waals surface area contributed by atoms with E-state index in [-0.39, 0.29) is 23.7 Å². The molecule has 0 heterocycles. The summed E-state index contributed by atoms with van der Waals surface area (Å²) in [5.74, 6) is 0.391. The molecule has 0 aliphatic rings. The highest BCUT2D eigenvalue weighted by atomic mass is 16.1. The van der Waals surface area contributed by atoms with Crippen molar-refractivity contribution in [3.63, 3.8) is 0 Å². The molecule has 2 N–H and O–H groups in total. The molecule has 1 rings (SSSR count). The zero-order valence-corrected chi connectivity index (χ0v) is 13.2. The number of carbonyl (C=O) groups excluding carboxylic acids is 2. The Hall–Kier alpha value is -1.52. The Morgan fingerprint density at radius 1 is 0.952 bits per heavy atom. The third kappa shape index (κ3) is 6.65. The first-order valence-electron chi connectivity index (χ1n) is 7.60. The fourth-order valence-corrected chi connectivity index (χ4v) is 2.06. The smallest absolute Gasteiger partial charge is 0.153 e. The molecule has 2 atom stereocenters. The van der Waals surface area contributed by atoms with E-state index in [1.54, 1.807) is 0 Å². The van der Waals surface area contributed by atoms with Gasteiger partial charge in [-0.15, -0.1) is 0 Å². The molecule has 116 valence electrons. The Balaban J connectivity index is 2.23. The number of nitrogens with one attached hydrogen (secondary N) is 2. The molecule has 0 bridgehead atoms. The molecule has 0 saturated carbocycles. The van der Waals surface area contributed by atoms with Gasteiger partial charge in [0.05, 0.1) is 12.1 Å². The summed E-state index contributed by atoms with van der Waals surface area (Å²) < 4.78 is 0. The van der Waals surface area contributed by atoms with Gasteiger partial charge in [-0.25, -0.2) is 0 Å². The van der Waals surface area contributed by atoms with Gasteiger partial charge in [0.1, 0.15) is 5.78 Å². The molecule has 0 saturated heterocycles. The van der Waals surface area contributed by atoms with Gasteiger partial charge in [-0.1, -0.05) is 37.3 Å². The second kappa shape index (κ2) is 9.42. The molecule has 0 spiro atoms. The average Bonchev–Trinajstić information content (AvgIpc) is 2.51. The van der Waals surface area contributed by atoms with Crippen LogP contribution in [0.25, 0.3) is 0 Å². The summed E-state index contributed by atoms with van der Waals surface area (Å²) in [5, 5.41) is 6.35. The first-order valence-corrected chi connectivity index (χ1v) is 7.60. The highest BCUT2D eigenvalue weighted by Gasteiger charge is 2.13. The van der Waals surface area contributed by atoms with Gasteiger partial charge in [-0.2, -0.15) is 0 Å². The van der Waals surface area contributed by atoms with Crippen LogP contribution >= 0.6 is 0 Å². The lowest BCUT2D eigenvalue weighted by molar-refractivity contribution is -0.121. The number of carbonyl (C=O) groups is 2. The average molecular weight is 290 g/mol. The minimum atomic E-state index is -0.177. The molecule has 1 aromatic carbocycles. The molecule has 4 nitrogen and oxygen atoms in total. The molecular weight excluding hydrogens is 264 g/mol. The molecule has 0 fully saturated rings. The third-order valence-corrected chi connectivity index (χ3v) is 3.56. The van der Waals surface area contributed by atoms with Crippen molar-refractivity contribution >= 4 is 11.6 Å². The van der Waals surface area contributed by atoms with E-state index in [1.165, 1.54) is 0 Å². The fourth-order valence-electron chi connectivity index (χ4n) is 2.06. The van der Waals surface area contributed by atoms with Gasteiger partial charge in [-0.3, -0.25) is 9.59 Å². The topological polar surface area (TPSA) is 58.2 Å². The summed E-state index contributed by atoms with van der Waals surface area (Å²) in [6.45, 7) is 6.96. The Morgan fingerprint density at radius 2 is 1.48 bits per heavy atom. The van der Waals surface area contributed by atoms with Gasteiger partial charge in [0, 0.05) is 25.9 Å². The Bertz CT molecular complexity index is 445. The van der Waals surface area contributed by atoms with E-state index < -0.39 is 0 Å². The highest BCUT2D eigenvalue weighted by Crippen LogP contribution is 2.02. The minimum absolute atomic E-state index is 0.118. The first-order chi connectivity index (χ1) is 10.0. The van der Waals surface area contributed by atoms with Crippen LogP contribution in [0.1, 0.15) is 32.8 Å². The van der Waals surface area contributed by atoms with E-state index in [1.807, 2.05) is 51.1 Å². The van der Waals surface area contributed by atoms with Crippen molar-refractivity contribution in [2.75, 3.05) is 13.1 Å². The molecule has 0 aromatic heterocycles. The molecular formula is C17H26N2O2. The number of rotatable bonds is 10. The lowest BCUT2D eigenvalue weighted by Gasteiger charge is -2.15. The summed E-state index contributed by atoms with van der Waals surface area (Å²) in [7, 11) is 0. The molecule has 0 radical (unpaired) electrons. The molecule has 0 aliphatic carbocycles. The van der Waals surface area contributed by atoms with Crippen molar-refractivity contribution < 1.29 is 9.59 Å². The van der Waals surface area contributed by atoms with Crippen molar-refractivity contribution in [3.8, 4) is 0 Å². The lowest BCUT2D eigenvalue weighted by Crippen LogP contribution is -2.42. The Labute approximate surface area is 127 Å². The number of hydrogen-bond acceptors (Lipinski definition) is 4. The van der Waals surface area contributed by atoms with Crippen LogP contribution in [0, 0.1) is 0 Å².